The van der Waals surface area contributed by atoms with Gasteiger partial charge < -0.3 is 11.1 Å². The fraction of sp³-hybridized carbons (Fsp3) is 0.556. The Morgan fingerprint density at radius 3 is 2.69 bits per heavy atom. The highest BCUT2D eigenvalue weighted by atomic mass is 79.9. The first kappa shape index (κ1) is 11.2. The second-order valence-electron chi connectivity index (χ2n) is 3.24. The Labute approximate surface area is 91.7 Å². The molecule has 4 heteroatoms. The largest absolute Gasteiger partial charge is 0.329 e. The van der Waals surface area contributed by atoms with Gasteiger partial charge in [-0.05, 0) is 27.4 Å². The van der Waals surface area contributed by atoms with Crippen molar-refractivity contribution in [1.29, 1.82) is 0 Å². The summed E-state index contributed by atoms with van der Waals surface area (Å²) in [6.45, 7) is 4.89. The molecule has 2 nitrogen and oxygen atoms in total. The van der Waals surface area contributed by atoms with Crippen LogP contribution in [0.2, 0.25) is 0 Å². The molecule has 0 radical (unpaired) electrons. The molecule has 3 N–H and O–H groups in total. The van der Waals surface area contributed by atoms with Crippen LogP contribution >= 0.6 is 27.3 Å². The predicted octanol–water partition coefficient (Wildman–Crippen LogP) is 2.51. The van der Waals surface area contributed by atoms with Gasteiger partial charge in [0.05, 0.1) is 6.04 Å². The first-order chi connectivity index (χ1) is 6.15. The Morgan fingerprint density at radius 1 is 1.62 bits per heavy atom. The van der Waals surface area contributed by atoms with Gasteiger partial charge in [-0.3, -0.25) is 0 Å². The minimum atomic E-state index is 0.273. The normalized spacial score (nSPS) is 13.6. The molecule has 1 atom stereocenters. The molecule has 1 rings (SSSR count). The quantitative estimate of drug-likeness (QED) is 0.876. The van der Waals surface area contributed by atoms with Crippen LogP contribution in [0.4, 0.5) is 0 Å². The van der Waals surface area contributed by atoms with E-state index >= 15 is 0 Å². The van der Waals surface area contributed by atoms with E-state index in [0.717, 1.165) is 4.47 Å². The smallest absolute Gasteiger partial charge is 0.0552 e. The molecule has 0 saturated heterocycles. The second-order valence-corrected chi connectivity index (χ2v) is 5.04. The van der Waals surface area contributed by atoms with E-state index in [4.69, 9.17) is 5.73 Å². The third-order valence-electron chi connectivity index (χ3n) is 1.73. The lowest BCUT2D eigenvalue weighted by Crippen LogP contribution is -2.32. The summed E-state index contributed by atoms with van der Waals surface area (Å²) >= 11 is 5.25. The Balaban J connectivity index is 2.72. The van der Waals surface area contributed by atoms with Crippen LogP contribution in [0, 0.1) is 0 Å². The van der Waals surface area contributed by atoms with E-state index in [1.165, 1.54) is 4.88 Å². The molecule has 0 amide bonds. The van der Waals surface area contributed by atoms with Gasteiger partial charge in [0, 0.05) is 21.9 Å². The highest BCUT2D eigenvalue weighted by Crippen LogP contribution is 2.28. The van der Waals surface area contributed by atoms with E-state index in [2.05, 4.69) is 46.5 Å². The first-order valence-corrected chi connectivity index (χ1v) is 6.01. The van der Waals surface area contributed by atoms with E-state index < -0.39 is 0 Å². The average molecular weight is 263 g/mol. The third kappa shape index (κ3) is 3.06. The molecule has 1 aromatic rings. The van der Waals surface area contributed by atoms with E-state index in [-0.39, 0.29) is 6.04 Å². The summed E-state index contributed by atoms with van der Waals surface area (Å²) in [6, 6.07) is 2.79. The molecule has 0 aromatic carbocycles. The van der Waals surface area contributed by atoms with Crippen LogP contribution in [0.25, 0.3) is 0 Å². The van der Waals surface area contributed by atoms with Crippen molar-refractivity contribution in [1.82, 2.24) is 5.32 Å². The second kappa shape index (κ2) is 5.10. The summed E-state index contributed by atoms with van der Waals surface area (Å²) in [6.07, 6.45) is 0. The van der Waals surface area contributed by atoms with Gasteiger partial charge in [-0.15, -0.1) is 11.3 Å². The lowest BCUT2D eigenvalue weighted by atomic mass is 10.2. The van der Waals surface area contributed by atoms with Crippen molar-refractivity contribution in [3.05, 3.63) is 20.8 Å². The van der Waals surface area contributed by atoms with Gasteiger partial charge in [-0.25, -0.2) is 0 Å². The number of nitrogens with two attached hydrogens (primary N) is 1. The maximum Gasteiger partial charge on any atom is 0.0552 e. The van der Waals surface area contributed by atoms with E-state index in [9.17, 15) is 0 Å². The molecule has 0 fully saturated rings. The fourth-order valence-electron chi connectivity index (χ4n) is 1.21. The first-order valence-electron chi connectivity index (χ1n) is 4.34. The maximum absolute atomic E-state index is 5.70. The molecular weight excluding hydrogens is 248 g/mol. The minimum Gasteiger partial charge on any atom is -0.329 e. The van der Waals surface area contributed by atoms with Gasteiger partial charge in [0.15, 0.2) is 0 Å². The third-order valence-corrected chi connectivity index (χ3v) is 3.72. The Kier molecular flexibility index (Phi) is 4.38. The topological polar surface area (TPSA) is 38.0 Å². The summed E-state index contributed by atoms with van der Waals surface area (Å²) in [5.41, 5.74) is 5.70. The monoisotopic (exact) mass is 262 g/mol. The summed E-state index contributed by atoms with van der Waals surface area (Å²) in [5, 5.41) is 5.50. The summed E-state index contributed by atoms with van der Waals surface area (Å²) in [5.74, 6) is 0. The van der Waals surface area contributed by atoms with E-state index in [1.807, 2.05) is 0 Å². The molecule has 0 bridgehead atoms. The number of hydrogen-bond acceptors (Lipinski definition) is 3. The lowest BCUT2D eigenvalue weighted by molar-refractivity contribution is 0.488. The van der Waals surface area contributed by atoms with Gasteiger partial charge in [-0.2, -0.15) is 0 Å². The number of nitrogens with one attached hydrogen (secondary N) is 1. The van der Waals surface area contributed by atoms with Gasteiger partial charge in [-0.1, -0.05) is 13.8 Å². The van der Waals surface area contributed by atoms with Crippen molar-refractivity contribution in [2.75, 3.05) is 6.54 Å². The summed E-state index contributed by atoms with van der Waals surface area (Å²) < 4.78 is 1.15. The molecule has 74 valence electrons. The van der Waals surface area contributed by atoms with Crippen LogP contribution in [0.5, 0.6) is 0 Å². The SMILES string of the molecule is CC(C)NC(CN)c1sccc1Br. The summed E-state index contributed by atoms with van der Waals surface area (Å²) in [7, 11) is 0. The molecule has 13 heavy (non-hydrogen) atoms. The molecule has 1 heterocycles. The van der Waals surface area contributed by atoms with Crippen LogP contribution in [0.15, 0.2) is 15.9 Å². The van der Waals surface area contributed by atoms with Crippen molar-refractivity contribution in [2.45, 2.75) is 25.9 Å². The van der Waals surface area contributed by atoms with Gasteiger partial charge >= 0.3 is 0 Å². The molecule has 0 spiro atoms. The van der Waals surface area contributed by atoms with Crippen LogP contribution in [0.1, 0.15) is 24.8 Å². The highest BCUT2D eigenvalue weighted by Gasteiger charge is 2.14. The molecule has 0 aliphatic carbocycles. The van der Waals surface area contributed by atoms with E-state index in [0.29, 0.717) is 12.6 Å². The van der Waals surface area contributed by atoms with Crippen molar-refractivity contribution in [3.8, 4) is 0 Å². The van der Waals surface area contributed by atoms with Crippen molar-refractivity contribution in [3.63, 3.8) is 0 Å². The number of thiophene rings is 1. The summed E-state index contributed by atoms with van der Waals surface area (Å²) in [4.78, 5) is 1.29. The van der Waals surface area contributed by atoms with Crippen LogP contribution in [0.3, 0.4) is 0 Å². The Bertz CT molecular complexity index is 260. The Morgan fingerprint density at radius 2 is 2.31 bits per heavy atom. The van der Waals surface area contributed by atoms with Gasteiger partial charge in [0.1, 0.15) is 0 Å². The lowest BCUT2D eigenvalue weighted by Gasteiger charge is -2.18. The van der Waals surface area contributed by atoms with Crippen molar-refractivity contribution >= 4 is 27.3 Å². The van der Waals surface area contributed by atoms with Crippen LogP contribution in [-0.4, -0.2) is 12.6 Å². The average Bonchev–Trinajstić information content (AvgIpc) is 2.47. The standard InChI is InChI=1S/C9H15BrN2S/c1-6(2)12-8(5-11)9-7(10)3-4-13-9/h3-4,6,8,12H,5,11H2,1-2H3. The van der Waals surface area contributed by atoms with Crippen LogP contribution < -0.4 is 11.1 Å². The highest BCUT2D eigenvalue weighted by molar-refractivity contribution is 9.10. The molecule has 0 aliphatic heterocycles. The molecule has 1 unspecified atom stereocenters. The molecular formula is C9H15BrN2S. The maximum atomic E-state index is 5.70. The predicted molar refractivity (Wildman–Crippen MR) is 62.1 cm³/mol. The van der Waals surface area contributed by atoms with Gasteiger partial charge in [0.2, 0.25) is 0 Å². The van der Waals surface area contributed by atoms with Crippen LogP contribution in [-0.2, 0) is 0 Å². The van der Waals surface area contributed by atoms with Crippen molar-refractivity contribution in [2.24, 2.45) is 5.73 Å². The molecule has 0 saturated carbocycles. The van der Waals surface area contributed by atoms with E-state index in [1.54, 1.807) is 11.3 Å². The number of halogens is 1. The number of rotatable bonds is 4. The Hall–Kier alpha value is 0.100. The zero-order chi connectivity index (χ0) is 9.84. The zero-order valence-electron chi connectivity index (χ0n) is 7.88. The molecule has 1 aromatic heterocycles. The zero-order valence-corrected chi connectivity index (χ0v) is 10.3. The van der Waals surface area contributed by atoms with Crippen molar-refractivity contribution < 1.29 is 0 Å². The van der Waals surface area contributed by atoms with Gasteiger partial charge in [0.25, 0.3) is 0 Å². The fourth-order valence-corrected chi connectivity index (χ4v) is 2.93. The minimum absolute atomic E-state index is 0.273. The molecule has 0 aliphatic rings. The number of hydrogen-bond donors (Lipinski definition) is 2.